The first-order valence-electron chi connectivity index (χ1n) is 13.3. The van der Waals surface area contributed by atoms with Crippen LogP contribution < -0.4 is 14.8 Å². The fourth-order valence-corrected chi connectivity index (χ4v) is 3.11. The zero-order valence-electron chi connectivity index (χ0n) is 24.1. The second kappa shape index (κ2) is 9.71. The standard InChI is InChI=1S/C15H13N2.C12H8N.Au/c1-3-7-14(8-4-1)16-11-12-17(13-16)15-9-5-2-6-10-15;1-3-7-11-9(5-1)10-6-2-4-8-12(10)13-11;/h1-13H;1-8H;/q2*-1;/i;1D,2D,3D,4D,5D,6D,7D,8D;. The molecule has 0 saturated heterocycles. The van der Waals surface area contributed by atoms with Crippen LogP contribution in [0.3, 0.4) is 0 Å². The summed E-state index contributed by atoms with van der Waals surface area (Å²) in [6.07, 6.45) is 4.12. The van der Waals surface area contributed by atoms with Crippen molar-refractivity contribution in [1.82, 2.24) is 4.98 Å². The SMILES string of the molecule is C1=CN(c2ccccc2)[CH-]N1c1ccccc1.[2H]c1c([2H])c([2H])c2c([n-]c3c([2H])c([2H])c([2H])c([2H])c32)c1[2H].[Au]. The number of anilines is 2. The normalized spacial score (nSPS) is 16.1. The van der Waals surface area contributed by atoms with Gasteiger partial charge in [0, 0.05) is 33.8 Å². The van der Waals surface area contributed by atoms with E-state index in [-0.39, 0.29) is 68.4 Å². The first-order chi connectivity index (χ1) is 18.2. The zero-order valence-corrected chi connectivity index (χ0v) is 18.3. The Morgan fingerprint density at radius 1 is 0.613 bits per heavy atom. The predicted octanol–water partition coefficient (Wildman–Crippen LogP) is 6.55. The third-order valence-electron chi connectivity index (χ3n) is 4.55. The quantitative estimate of drug-likeness (QED) is 0.171. The molecular formula is C27H21AuN3-2. The van der Waals surface area contributed by atoms with E-state index >= 15 is 0 Å². The molecule has 5 aromatic rings. The molecule has 0 amide bonds. The van der Waals surface area contributed by atoms with Crippen molar-refractivity contribution in [3.63, 3.8) is 0 Å². The summed E-state index contributed by atoms with van der Waals surface area (Å²) in [5.74, 6) is 0. The van der Waals surface area contributed by atoms with Gasteiger partial charge in [0.25, 0.3) is 0 Å². The van der Waals surface area contributed by atoms with E-state index in [1.54, 1.807) is 0 Å². The number of rotatable bonds is 2. The van der Waals surface area contributed by atoms with Gasteiger partial charge in [0.2, 0.25) is 0 Å². The molecule has 157 valence electrons. The molecule has 1 aliphatic heterocycles. The van der Waals surface area contributed by atoms with E-state index in [2.05, 4.69) is 58.1 Å². The second-order valence-electron chi connectivity index (χ2n) is 6.46. The van der Waals surface area contributed by atoms with E-state index in [0.717, 1.165) is 0 Å². The van der Waals surface area contributed by atoms with Crippen LogP contribution in [0.4, 0.5) is 11.4 Å². The first kappa shape index (κ1) is 13.2. The van der Waals surface area contributed by atoms with Gasteiger partial charge in [-0.3, -0.25) is 0 Å². The summed E-state index contributed by atoms with van der Waals surface area (Å²) in [4.78, 5) is 8.23. The summed E-state index contributed by atoms with van der Waals surface area (Å²) in [7, 11) is 0. The maximum Gasteiger partial charge on any atom is 0.0629 e. The Morgan fingerprint density at radius 3 is 1.48 bits per heavy atom. The van der Waals surface area contributed by atoms with Gasteiger partial charge in [-0.2, -0.15) is 0 Å². The van der Waals surface area contributed by atoms with E-state index in [1.165, 1.54) is 11.4 Å². The minimum absolute atomic E-state index is 0. The van der Waals surface area contributed by atoms with Crippen molar-refractivity contribution in [2.45, 2.75) is 0 Å². The fraction of sp³-hybridized carbons (Fsp3) is 0. The molecule has 0 N–H and O–H groups in total. The van der Waals surface area contributed by atoms with Gasteiger partial charge in [-0.25, -0.2) is 0 Å². The van der Waals surface area contributed by atoms with Crippen LogP contribution >= 0.6 is 0 Å². The van der Waals surface area contributed by atoms with Gasteiger partial charge in [0.15, 0.2) is 0 Å². The molecule has 0 unspecified atom stereocenters. The van der Waals surface area contributed by atoms with E-state index in [4.69, 9.17) is 11.0 Å². The van der Waals surface area contributed by atoms with Crippen molar-refractivity contribution in [2.24, 2.45) is 0 Å². The van der Waals surface area contributed by atoms with Crippen LogP contribution in [-0.4, -0.2) is 0 Å². The number of hydrogen-bond donors (Lipinski definition) is 0. The van der Waals surface area contributed by atoms with Crippen LogP contribution in [0, 0.1) is 6.67 Å². The van der Waals surface area contributed by atoms with E-state index in [9.17, 15) is 0 Å². The van der Waals surface area contributed by atoms with Crippen LogP contribution in [0.2, 0.25) is 0 Å². The number of para-hydroxylation sites is 4. The minimum atomic E-state index is -0.450. The number of fused-ring (bicyclic) bond motifs is 3. The smallest absolute Gasteiger partial charge is 0.0629 e. The molecule has 0 atom stereocenters. The molecule has 0 spiro atoms. The van der Waals surface area contributed by atoms with Crippen LogP contribution in [0.5, 0.6) is 0 Å². The van der Waals surface area contributed by atoms with Gasteiger partial charge in [0.05, 0.1) is 11.0 Å². The molecule has 4 aromatic carbocycles. The van der Waals surface area contributed by atoms with Crippen molar-refractivity contribution >= 4 is 33.2 Å². The fourth-order valence-electron chi connectivity index (χ4n) is 3.11. The number of hydrogen-bond acceptors (Lipinski definition) is 2. The number of nitrogens with zero attached hydrogens (tertiary/aromatic N) is 3. The maximum atomic E-state index is 7.93. The Morgan fingerprint density at radius 2 is 1.03 bits per heavy atom. The van der Waals surface area contributed by atoms with Gasteiger partial charge in [-0.1, -0.05) is 84.7 Å². The van der Waals surface area contributed by atoms with Gasteiger partial charge < -0.3 is 14.8 Å². The Balaban J connectivity index is 0.000000180. The average Bonchev–Trinajstić information content (AvgIpc) is 3.60. The monoisotopic (exact) mass is 592 g/mol. The van der Waals surface area contributed by atoms with E-state index in [0.29, 0.717) is 0 Å². The maximum absolute atomic E-state index is 7.93. The van der Waals surface area contributed by atoms with E-state index in [1.807, 2.05) is 36.4 Å². The molecule has 2 heterocycles. The number of aromatic nitrogens is 1. The van der Waals surface area contributed by atoms with Crippen molar-refractivity contribution in [3.8, 4) is 0 Å². The van der Waals surface area contributed by atoms with Gasteiger partial charge in [-0.05, 0) is 47.4 Å². The van der Waals surface area contributed by atoms with Crippen molar-refractivity contribution < 1.29 is 33.3 Å². The predicted molar refractivity (Wildman–Crippen MR) is 126 cm³/mol. The molecule has 0 saturated carbocycles. The molecule has 4 heteroatoms. The Kier molecular flexibility index (Phi) is 4.15. The van der Waals surface area contributed by atoms with Crippen molar-refractivity contribution in [1.29, 1.82) is 0 Å². The summed E-state index contributed by atoms with van der Waals surface area (Å²) >= 11 is 0. The summed E-state index contributed by atoms with van der Waals surface area (Å²) in [6, 6.07) is 17.4. The number of benzene rings is 4. The van der Waals surface area contributed by atoms with Gasteiger partial charge in [0.1, 0.15) is 0 Å². The molecule has 1 aliphatic rings. The molecule has 0 fully saturated rings. The van der Waals surface area contributed by atoms with E-state index < -0.39 is 24.2 Å². The molecule has 0 bridgehead atoms. The van der Waals surface area contributed by atoms with Crippen LogP contribution in [0.25, 0.3) is 21.8 Å². The summed E-state index contributed by atoms with van der Waals surface area (Å²) < 4.78 is 62.2. The van der Waals surface area contributed by atoms with Crippen LogP contribution in [0.15, 0.2) is 121 Å². The summed E-state index contributed by atoms with van der Waals surface area (Å²) in [5, 5.41) is 0.0611. The van der Waals surface area contributed by atoms with Crippen molar-refractivity contribution in [2.75, 3.05) is 9.80 Å². The third-order valence-corrected chi connectivity index (χ3v) is 4.55. The largest absolute Gasteiger partial charge is 0.657 e. The Hall–Kier alpha value is -3.24. The van der Waals surface area contributed by atoms with Crippen LogP contribution in [-0.2, 0) is 22.4 Å². The zero-order chi connectivity index (χ0) is 27.1. The second-order valence-corrected chi connectivity index (χ2v) is 6.46. The molecule has 31 heavy (non-hydrogen) atoms. The molecular weight excluding hydrogens is 563 g/mol. The minimum Gasteiger partial charge on any atom is -0.657 e. The summed E-state index contributed by atoms with van der Waals surface area (Å²) in [6.45, 7) is 2.07. The molecule has 3 nitrogen and oxygen atoms in total. The van der Waals surface area contributed by atoms with Crippen LogP contribution in [0.1, 0.15) is 11.0 Å². The van der Waals surface area contributed by atoms with Gasteiger partial charge in [-0.15, -0.1) is 17.7 Å². The average molecular weight is 593 g/mol. The Labute approximate surface area is 209 Å². The topological polar surface area (TPSA) is 20.6 Å². The molecule has 6 rings (SSSR count). The molecule has 1 radical (unpaired) electrons. The molecule has 1 aromatic heterocycles. The summed E-state index contributed by atoms with van der Waals surface area (Å²) in [5.41, 5.74) is 2.26. The van der Waals surface area contributed by atoms with Crippen molar-refractivity contribution in [3.05, 3.63) is 128 Å². The third kappa shape index (κ3) is 4.59. The first-order valence-corrected chi connectivity index (χ1v) is 9.33. The van der Waals surface area contributed by atoms with Gasteiger partial charge >= 0.3 is 0 Å². The molecule has 0 aliphatic carbocycles. The Bertz CT molecular complexity index is 1570.